The van der Waals surface area contributed by atoms with E-state index in [0.29, 0.717) is 12.5 Å². The SMILES string of the molecule is C1=CC(COc2cccc(-c3nccnc3C3CN(c4ccc5ccccc5n4)C3)c2)=CCC1. The van der Waals surface area contributed by atoms with E-state index >= 15 is 0 Å². The van der Waals surface area contributed by atoms with Gasteiger partial charge in [-0.25, -0.2) is 4.98 Å². The van der Waals surface area contributed by atoms with Crippen LogP contribution in [0.15, 0.2) is 96.9 Å². The van der Waals surface area contributed by atoms with Crippen LogP contribution in [0.5, 0.6) is 5.75 Å². The van der Waals surface area contributed by atoms with Crippen molar-refractivity contribution < 1.29 is 4.74 Å². The summed E-state index contributed by atoms with van der Waals surface area (Å²) in [6.07, 6.45) is 12.4. The Morgan fingerprint density at radius 2 is 1.82 bits per heavy atom. The average molecular weight is 447 g/mol. The minimum absolute atomic E-state index is 0.319. The van der Waals surface area contributed by atoms with Gasteiger partial charge in [-0.15, -0.1) is 0 Å². The first-order valence-corrected chi connectivity index (χ1v) is 11.8. The minimum Gasteiger partial charge on any atom is -0.489 e. The van der Waals surface area contributed by atoms with Crippen LogP contribution in [0, 0.1) is 0 Å². The fraction of sp³-hybridized carbons (Fsp3) is 0.207. The number of hydrogen-bond donors (Lipinski definition) is 0. The first kappa shape index (κ1) is 20.6. The number of allylic oxidation sites excluding steroid dienone is 2. The van der Waals surface area contributed by atoms with Crippen molar-refractivity contribution >= 4 is 16.7 Å². The maximum atomic E-state index is 6.07. The zero-order valence-corrected chi connectivity index (χ0v) is 19.0. The van der Waals surface area contributed by atoms with Crippen LogP contribution in [0.25, 0.3) is 22.2 Å². The van der Waals surface area contributed by atoms with Crippen molar-refractivity contribution in [1.82, 2.24) is 15.0 Å². The van der Waals surface area contributed by atoms with E-state index < -0.39 is 0 Å². The van der Waals surface area contributed by atoms with Gasteiger partial charge in [-0.3, -0.25) is 9.97 Å². The van der Waals surface area contributed by atoms with Gasteiger partial charge in [-0.05, 0) is 48.7 Å². The molecule has 6 rings (SSSR count). The molecule has 2 aromatic heterocycles. The zero-order valence-electron chi connectivity index (χ0n) is 19.0. The molecule has 5 heteroatoms. The van der Waals surface area contributed by atoms with Gasteiger partial charge in [0, 0.05) is 42.4 Å². The number of ether oxygens (including phenoxy) is 1. The Bertz CT molecular complexity index is 1390. The number of aromatic nitrogens is 3. The van der Waals surface area contributed by atoms with Gasteiger partial charge in [0.25, 0.3) is 0 Å². The lowest BCUT2D eigenvalue weighted by molar-refractivity contribution is 0.355. The van der Waals surface area contributed by atoms with E-state index in [1.807, 2.05) is 24.3 Å². The van der Waals surface area contributed by atoms with E-state index in [2.05, 4.69) is 59.5 Å². The number of nitrogens with zero attached hydrogens (tertiary/aromatic N) is 4. The Morgan fingerprint density at radius 3 is 2.74 bits per heavy atom. The van der Waals surface area contributed by atoms with Crippen molar-refractivity contribution in [2.45, 2.75) is 18.8 Å². The molecular weight excluding hydrogens is 420 g/mol. The first-order chi connectivity index (χ1) is 16.8. The van der Waals surface area contributed by atoms with Crippen LogP contribution < -0.4 is 9.64 Å². The molecule has 1 fully saturated rings. The lowest BCUT2D eigenvalue weighted by atomic mass is 9.92. The smallest absolute Gasteiger partial charge is 0.129 e. The molecule has 1 aliphatic carbocycles. The minimum atomic E-state index is 0.319. The van der Waals surface area contributed by atoms with Crippen molar-refractivity contribution in [3.05, 3.63) is 103 Å². The van der Waals surface area contributed by atoms with Gasteiger partial charge in [-0.2, -0.15) is 0 Å². The summed E-state index contributed by atoms with van der Waals surface area (Å²) in [5.41, 5.74) is 5.26. The lowest BCUT2D eigenvalue weighted by Gasteiger charge is -2.40. The molecule has 2 aliphatic rings. The van der Waals surface area contributed by atoms with E-state index in [1.54, 1.807) is 12.4 Å². The lowest BCUT2D eigenvalue weighted by Crippen LogP contribution is -2.46. The Labute approximate surface area is 199 Å². The van der Waals surface area contributed by atoms with Crippen molar-refractivity contribution in [1.29, 1.82) is 0 Å². The molecular formula is C29H26N4O. The van der Waals surface area contributed by atoms with Crippen LogP contribution in [0.2, 0.25) is 0 Å². The summed E-state index contributed by atoms with van der Waals surface area (Å²) in [6.45, 7) is 2.35. The van der Waals surface area contributed by atoms with Crippen LogP contribution in [0.1, 0.15) is 24.5 Å². The van der Waals surface area contributed by atoms with E-state index in [4.69, 9.17) is 19.7 Å². The maximum Gasteiger partial charge on any atom is 0.129 e. The molecule has 1 saturated heterocycles. The largest absolute Gasteiger partial charge is 0.489 e. The van der Waals surface area contributed by atoms with Gasteiger partial charge in [-0.1, -0.05) is 48.6 Å². The van der Waals surface area contributed by atoms with Crippen molar-refractivity contribution in [2.75, 3.05) is 24.6 Å². The zero-order chi connectivity index (χ0) is 22.7. The molecule has 34 heavy (non-hydrogen) atoms. The van der Waals surface area contributed by atoms with Crippen LogP contribution in [0.4, 0.5) is 5.82 Å². The number of para-hydroxylation sites is 1. The van der Waals surface area contributed by atoms with Crippen molar-refractivity contribution in [3.63, 3.8) is 0 Å². The number of hydrogen-bond acceptors (Lipinski definition) is 5. The van der Waals surface area contributed by atoms with Crippen molar-refractivity contribution in [3.8, 4) is 17.0 Å². The summed E-state index contributed by atoms with van der Waals surface area (Å²) in [4.78, 5) is 16.6. The number of anilines is 1. The monoisotopic (exact) mass is 446 g/mol. The Hall–Kier alpha value is -3.99. The molecule has 0 amide bonds. The second kappa shape index (κ2) is 9.10. The van der Waals surface area contributed by atoms with Crippen LogP contribution in [-0.2, 0) is 0 Å². The van der Waals surface area contributed by atoms with Crippen LogP contribution in [0.3, 0.4) is 0 Å². The molecule has 1 aliphatic heterocycles. The van der Waals surface area contributed by atoms with E-state index in [1.165, 1.54) is 5.57 Å². The molecule has 5 nitrogen and oxygen atoms in total. The molecule has 0 radical (unpaired) electrons. The molecule has 168 valence electrons. The Balaban J connectivity index is 1.19. The summed E-state index contributed by atoms with van der Waals surface area (Å²) >= 11 is 0. The fourth-order valence-electron chi connectivity index (χ4n) is 4.61. The topological polar surface area (TPSA) is 51.1 Å². The van der Waals surface area contributed by atoms with Gasteiger partial charge >= 0.3 is 0 Å². The number of benzene rings is 2. The predicted octanol–water partition coefficient (Wildman–Crippen LogP) is 5.95. The Kier molecular flexibility index (Phi) is 5.52. The third-order valence-electron chi connectivity index (χ3n) is 6.49. The summed E-state index contributed by atoms with van der Waals surface area (Å²) in [7, 11) is 0. The highest BCUT2D eigenvalue weighted by molar-refractivity contribution is 5.80. The number of fused-ring (bicyclic) bond motifs is 1. The van der Waals surface area contributed by atoms with E-state index in [-0.39, 0.29) is 0 Å². The summed E-state index contributed by atoms with van der Waals surface area (Å²) < 4.78 is 6.07. The molecule has 3 heterocycles. The highest BCUT2D eigenvalue weighted by Crippen LogP contribution is 2.35. The quantitative estimate of drug-likeness (QED) is 0.366. The number of pyridine rings is 1. The highest BCUT2D eigenvalue weighted by atomic mass is 16.5. The molecule has 0 unspecified atom stereocenters. The molecule has 0 spiro atoms. The second-order valence-electron chi connectivity index (χ2n) is 8.83. The van der Waals surface area contributed by atoms with E-state index in [0.717, 1.165) is 65.4 Å². The van der Waals surface area contributed by atoms with Crippen LogP contribution in [-0.4, -0.2) is 34.6 Å². The van der Waals surface area contributed by atoms with Gasteiger partial charge < -0.3 is 9.64 Å². The average Bonchev–Trinajstić information content (AvgIpc) is 2.88. The van der Waals surface area contributed by atoms with Gasteiger partial charge in [0.05, 0.1) is 16.9 Å². The van der Waals surface area contributed by atoms with Gasteiger partial charge in [0.2, 0.25) is 0 Å². The van der Waals surface area contributed by atoms with Crippen molar-refractivity contribution in [2.24, 2.45) is 0 Å². The predicted molar refractivity (Wildman–Crippen MR) is 136 cm³/mol. The third-order valence-corrected chi connectivity index (χ3v) is 6.49. The van der Waals surface area contributed by atoms with E-state index in [9.17, 15) is 0 Å². The summed E-state index contributed by atoms with van der Waals surface area (Å²) in [6, 6.07) is 20.7. The third kappa shape index (κ3) is 4.17. The molecule has 4 aromatic rings. The molecule has 0 N–H and O–H groups in total. The standard InChI is InChI=1S/C29H26N4O/c1-2-7-21(8-3-1)20-34-25-11-6-10-23(17-25)28-29(31-16-15-30-28)24-18-33(19-24)27-14-13-22-9-4-5-12-26(22)32-27/h2,4-17,24H,1,3,18-20H2. The van der Waals surface area contributed by atoms with Crippen LogP contribution >= 0.6 is 0 Å². The normalized spacial score (nSPS) is 15.8. The molecule has 2 aromatic carbocycles. The molecule has 0 saturated carbocycles. The van der Waals surface area contributed by atoms with Gasteiger partial charge in [0.15, 0.2) is 0 Å². The molecule has 0 bridgehead atoms. The fourth-order valence-corrected chi connectivity index (χ4v) is 4.61. The number of rotatable bonds is 6. The second-order valence-corrected chi connectivity index (χ2v) is 8.83. The highest BCUT2D eigenvalue weighted by Gasteiger charge is 2.32. The maximum absolute atomic E-state index is 6.07. The van der Waals surface area contributed by atoms with Gasteiger partial charge in [0.1, 0.15) is 18.2 Å². The first-order valence-electron chi connectivity index (χ1n) is 11.8. The Morgan fingerprint density at radius 1 is 0.912 bits per heavy atom. The summed E-state index contributed by atoms with van der Waals surface area (Å²) in [5.74, 6) is 2.19. The summed E-state index contributed by atoms with van der Waals surface area (Å²) in [5, 5.41) is 1.16. The molecule has 0 atom stereocenters.